The zero-order valence-electron chi connectivity index (χ0n) is 18.5. The number of amides is 2. The van der Waals surface area contributed by atoms with Crippen molar-refractivity contribution in [1.29, 1.82) is 0 Å². The first-order valence-electron chi connectivity index (χ1n) is 10.6. The summed E-state index contributed by atoms with van der Waals surface area (Å²) in [6, 6.07) is 11.0. The Morgan fingerprint density at radius 3 is 2.64 bits per heavy atom. The molecule has 1 N–H and O–H groups in total. The smallest absolute Gasteiger partial charge is 0.277 e. The summed E-state index contributed by atoms with van der Waals surface area (Å²) >= 11 is 1.21. The second-order valence-electron chi connectivity index (χ2n) is 7.75. The molecule has 0 bridgehead atoms. The number of carbonyl (C=O) groups excluding carboxylic acids is 2. The van der Waals surface area contributed by atoms with Crippen molar-refractivity contribution in [3.63, 3.8) is 0 Å². The number of nitrogens with zero attached hydrogens (tertiary/aromatic N) is 4. The Bertz CT molecular complexity index is 1110. The number of thioether (sulfide) groups is 1. The SMILES string of the molecule is COc1ccc(-c2nnc(SCC(=O)N3CCC(C(=O)Nc4cc(C)ccn4)CC3)o2)cc1. The zero-order valence-corrected chi connectivity index (χ0v) is 19.3. The standard InChI is InChI=1S/C23H25N5O4S/c1-15-7-10-24-19(13-15)25-21(30)16-8-11-28(12-9-16)20(29)14-33-23-27-26-22(32-23)17-3-5-18(31-2)6-4-17/h3-7,10,13,16H,8-9,11-12,14H2,1-2H3,(H,24,25,30). The van der Waals surface area contributed by atoms with Gasteiger partial charge in [-0.1, -0.05) is 11.8 Å². The van der Waals surface area contributed by atoms with Crippen LogP contribution < -0.4 is 10.1 Å². The molecule has 2 aromatic heterocycles. The number of anilines is 1. The molecule has 1 aromatic carbocycles. The van der Waals surface area contributed by atoms with Crippen molar-refractivity contribution in [2.24, 2.45) is 5.92 Å². The van der Waals surface area contributed by atoms with Gasteiger partial charge in [0.05, 0.1) is 12.9 Å². The first-order chi connectivity index (χ1) is 16.0. The molecule has 1 fully saturated rings. The lowest BCUT2D eigenvalue weighted by Gasteiger charge is -2.31. The van der Waals surface area contributed by atoms with Crippen molar-refractivity contribution in [1.82, 2.24) is 20.1 Å². The van der Waals surface area contributed by atoms with Crippen LogP contribution in [0.15, 0.2) is 52.2 Å². The van der Waals surface area contributed by atoms with Crippen LogP contribution in [0.25, 0.3) is 11.5 Å². The van der Waals surface area contributed by atoms with E-state index in [4.69, 9.17) is 9.15 Å². The molecule has 3 aromatic rings. The lowest BCUT2D eigenvalue weighted by atomic mass is 9.96. The van der Waals surface area contributed by atoms with Crippen molar-refractivity contribution in [3.05, 3.63) is 48.2 Å². The van der Waals surface area contributed by atoms with Gasteiger partial charge in [0, 0.05) is 30.8 Å². The average Bonchev–Trinajstić information content (AvgIpc) is 3.32. The van der Waals surface area contributed by atoms with E-state index in [-0.39, 0.29) is 23.5 Å². The fourth-order valence-electron chi connectivity index (χ4n) is 3.56. The van der Waals surface area contributed by atoms with Gasteiger partial charge in [-0.3, -0.25) is 9.59 Å². The van der Waals surface area contributed by atoms with E-state index in [1.165, 1.54) is 11.8 Å². The number of benzene rings is 1. The van der Waals surface area contributed by atoms with Gasteiger partial charge in [-0.25, -0.2) is 4.98 Å². The summed E-state index contributed by atoms with van der Waals surface area (Å²) < 4.78 is 10.8. The molecule has 0 unspecified atom stereocenters. The van der Waals surface area contributed by atoms with E-state index in [9.17, 15) is 9.59 Å². The molecule has 2 amide bonds. The van der Waals surface area contributed by atoms with Crippen LogP contribution >= 0.6 is 11.8 Å². The Hall–Kier alpha value is -3.40. The maximum Gasteiger partial charge on any atom is 0.277 e. The Kier molecular flexibility index (Phi) is 7.23. The summed E-state index contributed by atoms with van der Waals surface area (Å²) in [6.45, 7) is 3.03. The Morgan fingerprint density at radius 2 is 1.94 bits per heavy atom. The number of aromatic nitrogens is 3. The number of ether oxygens (including phenoxy) is 1. The van der Waals surface area contributed by atoms with Crippen LogP contribution in [0, 0.1) is 12.8 Å². The number of rotatable bonds is 7. The molecule has 10 heteroatoms. The number of hydrogen-bond donors (Lipinski definition) is 1. The summed E-state index contributed by atoms with van der Waals surface area (Å²) in [4.78, 5) is 31.1. The fourth-order valence-corrected chi connectivity index (χ4v) is 4.22. The van der Waals surface area contributed by atoms with Crippen molar-refractivity contribution >= 4 is 29.4 Å². The number of likely N-dealkylation sites (tertiary alicyclic amines) is 1. The number of aryl methyl sites for hydroxylation is 1. The van der Waals surface area contributed by atoms with Gasteiger partial charge in [-0.05, 0) is 61.7 Å². The average molecular weight is 468 g/mol. The molecule has 0 spiro atoms. The van der Waals surface area contributed by atoms with Gasteiger partial charge in [0.1, 0.15) is 11.6 Å². The minimum Gasteiger partial charge on any atom is -0.497 e. The number of carbonyl (C=O) groups is 2. The van der Waals surface area contributed by atoms with Crippen LogP contribution in [0.2, 0.25) is 0 Å². The highest BCUT2D eigenvalue weighted by molar-refractivity contribution is 7.99. The molecule has 3 heterocycles. The molecule has 33 heavy (non-hydrogen) atoms. The monoisotopic (exact) mass is 467 g/mol. The third-order valence-corrected chi connectivity index (χ3v) is 6.25. The lowest BCUT2D eigenvalue weighted by Crippen LogP contribution is -2.42. The first kappa shape index (κ1) is 22.8. The zero-order chi connectivity index (χ0) is 23.2. The molecular weight excluding hydrogens is 442 g/mol. The van der Waals surface area contributed by atoms with Gasteiger partial charge < -0.3 is 19.4 Å². The van der Waals surface area contributed by atoms with Gasteiger partial charge >= 0.3 is 0 Å². The Morgan fingerprint density at radius 1 is 1.18 bits per heavy atom. The number of nitrogens with one attached hydrogen (secondary N) is 1. The third kappa shape index (κ3) is 5.89. The highest BCUT2D eigenvalue weighted by Gasteiger charge is 2.27. The fraction of sp³-hybridized carbons (Fsp3) is 0.348. The third-order valence-electron chi connectivity index (χ3n) is 5.45. The van der Waals surface area contributed by atoms with Gasteiger partial charge in [0.25, 0.3) is 5.22 Å². The molecule has 0 aliphatic carbocycles. The van der Waals surface area contributed by atoms with E-state index in [0.29, 0.717) is 42.9 Å². The van der Waals surface area contributed by atoms with Crippen molar-refractivity contribution < 1.29 is 18.7 Å². The van der Waals surface area contributed by atoms with Gasteiger partial charge in [-0.15, -0.1) is 10.2 Å². The minimum atomic E-state index is -0.132. The van der Waals surface area contributed by atoms with Crippen LogP contribution in [0.4, 0.5) is 5.82 Å². The topological polar surface area (TPSA) is 110 Å². The van der Waals surface area contributed by atoms with Crippen molar-refractivity contribution in [2.75, 3.05) is 31.3 Å². The lowest BCUT2D eigenvalue weighted by molar-refractivity contribution is -0.132. The predicted molar refractivity (Wildman–Crippen MR) is 124 cm³/mol. The van der Waals surface area contributed by atoms with E-state index in [1.807, 2.05) is 43.3 Å². The van der Waals surface area contributed by atoms with Crippen LogP contribution in [0.5, 0.6) is 5.75 Å². The molecular formula is C23H25N5O4S. The molecule has 0 saturated carbocycles. The minimum absolute atomic E-state index is 0.0107. The molecule has 0 radical (unpaired) electrons. The summed E-state index contributed by atoms with van der Waals surface area (Å²) in [7, 11) is 1.60. The largest absolute Gasteiger partial charge is 0.497 e. The molecule has 0 atom stereocenters. The maximum atomic E-state index is 12.6. The Balaban J connectivity index is 1.23. The summed E-state index contributed by atoms with van der Waals surface area (Å²) in [6.07, 6.45) is 2.92. The molecule has 1 saturated heterocycles. The normalized spacial score (nSPS) is 14.2. The molecule has 1 aliphatic rings. The van der Waals surface area contributed by atoms with E-state index < -0.39 is 0 Å². The second-order valence-corrected chi connectivity index (χ2v) is 8.68. The van der Waals surface area contributed by atoms with Crippen LogP contribution in [0.1, 0.15) is 18.4 Å². The van der Waals surface area contributed by atoms with E-state index in [1.54, 1.807) is 18.2 Å². The highest BCUT2D eigenvalue weighted by Crippen LogP contribution is 2.26. The van der Waals surface area contributed by atoms with E-state index in [2.05, 4.69) is 20.5 Å². The molecule has 1 aliphatic heterocycles. The first-order valence-corrected chi connectivity index (χ1v) is 11.6. The van der Waals surface area contributed by atoms with Gasteiger partial charge in [0.2, 0.25) is 17.7 Å². The number of piperidine rings is 1. The number of pyridine rings is 1. The van der Waals surface area contributed by atoms with Gasteiger partial charge in [-0.2, -0.15) is 0 Å². The van der Waals surface area contributed by atoms with Crippen molar-refractivity contribution in [3.8, 4) is 17.2 Å². The Labute approximate surface area is 195 Å². The summed E-state index contributed by atoms with van der Waals surface area (Å²) in [5.74, 6) is 1.70. The van der Waals surface area contributed by atoms with E-state index >= 15 is 0 Å². The molecule has 9 nitrogen and oxygen atoms in total. The number of hydrogen-bond acceptors (Lipinski definition) is 8. The summed E-state index contributed by atoms with van der Waals surface area (Å²) in [5.41, 5.74) is 1.82. The molecule has 172 valence electrons. The van der Waals surface area contributed by atoms with Crippen LogP contribution in [0.3, 0.4) is 0 Å². The number of methoxy groups -OCH3 is 1. The van der Waals surface area contributed by atoms with Gasteiger partial charge in [0.15, 0.2) is 0 Å². The van der Waals surface area contributed by atoms with Crippen molar-refractivity contribution in [2.45, 2.75) is 25.0 Å². The summed E-state index contributed by atoms with van der Waals surface area (Å²) in [5, 5.41) is 11.3. The predicted octanol–water partition coefficient (Wildman–Crippen LogP) is 3.42. The van der Waals surface area contributed by atoms with Crippen LogP contribution in [-0.4, -0.2) is 57.8 Å². The highest BCUT2D eigenvalue weighted by atomic mass is 32.2. The quantitative estimate of drug-likeness (QED) is 0.526. The second kappa shape index (κ2) is 10.5. The maximum absolute atomic E-state index is 12.6. The van der Waals surface area contributed by atoms with Crippen LogP contribution in [-0.2, 0) is 9.59 Å². The van der Waals surface area contributed by atoms with E-state index in [0.717, 1.165) is 16.9 Å². The molecule has 4 rings (SSSR count).